The van der Waals surface area contributed by atoms with Crippen molar-refractivity contribution < 1.29 is 4.79 Å². The molecule has 1 aromatic carbocycles. The number of piperazine rings is 1. The number of carbonyl (C=O) groups is 1. The smallest absolute Gasteiger partial charge is 0.223 e. The SMILES string of the molecule is CC1CN(C)c2ccccc2CN1CCC(=O)N1CCNCC1. The van der Waals surface area contributed by atoms with Crippen molar-refractivity contribution in [3.63, 3.8) is 0 Å². The van der Waals surface area contributed by atoms with Crippen LogP contribution in [0.1, 0.15) is 18.9 Å². The molecule has 0 bridgehead atoms. The molecule has 0 aromatic heterocycles. The number of hydrogen-bond donors (Lipinski definition) is 1. The van der Waals surface area contributed by atoms with Crippen molar-refractivity contribution in [1.29, 1.82) is 0 Å². The molecular weight excluding hydrogens is 288 g/mol. The predicted octanol–water partition coefficient (Wildman–Crippen LogP) is 1.15. The van der Waals surface area contributed by atoms with Gasteiger partial charge < -0.3 is 15.1 Å². The van der Waals surface area contributed by atoms with E-state index in [1.165, 1.54) is 11.3 Å². The highest BCUT2D eigenvalue weighted by Crippen LogP contribution is 2.26. The van der Waals surface area contributed by atoms with Crippen molar-refractivity contribution in [2.24, 2.45) is 0 Å². The van der Waals surface area contributed by atoms with Gasteiger partial charge in [0, 0.05) is 71.0 Å². The number of carbonyl (C=O) groups excluding carboxylic acids is 1. The van der Waals surface area contributed by atoms with E-state index in [0.717, 1.165) is 45.8 Å². The molecule has 0 saturated carbocycles. The second kappa shape index (κ2) is 7.32. The van der Waals surface area contributed by atoms with Crippen molar-refractivity contribution in [1.82, 2.24) is 15.1 Å². The van der Waals surface area contributed by atoms with Gasteiger partial charge in [0.05, 0.1) is 0 Å². The quantitative estimate of drug-likeness (QED) is 0.908. The highest BCUT2D eigenvalue weighted by Gasteiger charge is 2.24. The summed E-state index contributed by atoms with van der Waals surface area (Å²) in [4.78, 5) is 19.2. The first-order chi connectivity index (χ1) is 11.1. The Labute approximate surface area is 139 Å². The van der Waals surface area contributed by atoms with E-state index in [1.807, 2.05) is 4.90 Å². The number of nitrogens with one attached hydrogen (secondary N) is 1. The zero-order valence-corrected chi connectivity index (χ0v) is 14.3. The van der Waals surface area contributed by atoms with E-state index < -0.39 is 0 Å². The standard InChI is InChI=1S/C18H28N4O/c1-15-13-20(2)17-6-4-3-5-16(17)14-22(15)10-7-18(23)21-11-8-19-9-12-21/h3-6,15,19H,7-14H2,1-2H3. The van der Waals surface area contributed by atoms with Gasteiger partial charge in [0.25, 0.3) is 0 Å². The molecule has 0 radical (unpaired) electrons. The summed E-state index contributed by atoms with van der Waals surface area (Å²) in [6.07, 6.45) is 0.621. The third-order valence-corrected chi connectivity index (χ3v) is 5.02. The summed E-state index contributed by atoms with van der Waals surface area (Å²) >= 11 is 0. The van der Waals surface area contributed by atoms with E-state index in [4.69, 9.17) is 0 Å². The lowest BCUT2D eigenvalue weighted by atomic mass is 10.1. The molecule has 1 unspecified atom stereocenters. The minimum Gasteiger partial charge on any atom is -0.373 e. The molecule has 23 heavy (non-hydrogen) atoms. The summed E-state index contributed by atoms with van der Waals surface area (Å²) in [6.45, 7) is 8.56. The number of rotatable bonds is 3. The van der Waals surface area contributed by atoms with Crippen LogP contribution in [0.25, 0.3) is 0 Å². The molecule has 1 atom stereocenters. The summed E-state index contributed by atoms with van der Waals surface area (Å²) in [5.41, 5.74) is 2.67. The molecule has 2 heterocycles. The van der Waals surface area contributed by atoms with Gasteiger partial charge in [-0.3, -0.25) is 9.69 Å². The molecule has 5 nitrogen and oxygen atoms in total. The van der Waals surface area contributed by atoms with Gasteiger partial charge in [0.1, 0.15) is 0 Å². The van der Waals surface area contributed by atoms with Crippen molar-refractivity contribution in [3.05, 3.63) is 29.8 Å². The van der Waals surface area contributed by atoms with Crippen LogP contribution in [0.15, 0.2) is 24.3 Å². The minimum absolute atomic E-state index is 0.296. The molecule has 126 valence electrons. The summed E-state index contributed by atoms with van der Waals surface area (Å²) < 4.78 is 0. The molecule has 5 heteroatoms. The lowest BCUT2D eigenvalue weighted by molar-refractivity contribution is -0.132. The molecule has 1 amide bonds. The first-order valence-electron chi connectivity index (χ1n) is 8.67. The molecular formula is C18H28N4O. The highest BCUT2D eigenvalue weighted by molar-refractivity contribution is 5.76. The van der Waals surface area contributed by atoms with Crippen molar-refractivity contribution in [2.45, 2.75) is 25.9 Å². The topological polar surface area (TPSA) is 38.8 Å². The highest BCUT2D eigenvalue weighted by atomic mass is 16.2. The predicted molar refractivity (Wildman–Crippen MR) is 93.7 cm³/mol. The monoisotopic (exact) mass is 316 g/mol. The normalized spacial score (nSPS) is 22.6. The van der Waals surface area contributed by atoms with Crippen LogP contribution in [0.2, 0.25) is 0 Å². The Morgan fingerprint density at radius 2 is 2.00 bits per heavy atom. The summed E-state index contributed by atoms with van der Waals surface area (Å²) in [5, 5.41) is 3.30. The number of fused-ring (bicyclic) bond motifs is 1. The molecule has 3 rings (SSSR count). The lowest BCUT2D eigenvalue weighted by Gasteiger charge is -2.31. The van der Waals surface area contributed by atoms with Gasteiger partial charge in [-0.1, -0.05) is 18.2 Å². The molecule has 2 aliphatic rings. The zero-order valence-electron chi connectivity index (χ0n) is 14.3. The Balaban J connectivity index is 1.62. The fraction of sp³-hybridized carbons (Fsp3) is 0.611. The average Bonchev–Trinajstić information content (AvgIpc) is 2.70. The Bertz CT molecular complexity index is 542. The first-order valence-corrected chi connectivity index (χ1v) is 8.67. The van der Waals surface area contributed by atoms with E-state index in [-0.39, 0.29) is 0 Å². The second-order valence-corrected chi connectivity index (χ2v) is 6.71. The van der Waals surface area contributed by atoms with Gasteiger partial charge in [0.15, 0.2) is 0 Å². The van der Waals surface area contributed by atoms with Gasteiger partial charge in [-0.15, -0.1) is 0 Å². The van der Waals surface area contributed by atoms with Crippen LogP contribution in [0.3, 0.4) is 0 Å². The van der Waals surface area contributed by atoms with E-state index >= 15 is 0 Å². The van der Waals surface area contributed by atoms with Crippen molar-refractivity contribution in [3.8, 4) is 0 Å². The van der Waals surface area contributed by atoms with Crippen molar-refractivity contribution in [2.75, 3.05) is 51.2 Å². The van der Waals surface area contributed by atoms with Gasteiger partial charge >= 0.3 is 0 Å². The third kappa shape index (κ3) is 3.85. The Hall–Kier alpha value is -1.59. The molecule has 1 N–H and O–H groups in total. The largest absolute Gasteiger partial charge is 0.373 e. The third-order valence-electron chi connectivity index (χ3n) is 5.02. The summed E-state index contributed by atoms with van der Waals surface area (Å²) in [6, 6.07) is 9.05. The summed E-state index contributed by atoms with van der Waals surface area (Å²) in [7, 11) is 2.16. The number of likely N-dealkylation sites (N-methyl/N-ethyl adjacent to an activating group) is 1. The van der Waals surface area contributed by atoms with Crippen LogP contribution < -0.4 is 10.2 Å². The number of benzene rings is 1. The number of amides is 1. The first kappa shape index (κ1) is 16.3. The van der Waals surface area contributed by atoms with Gasteiger partial charge in [-0.2, -0.15) is 0 Å². The second-order valence-electron chi connectivity index (χ2n) is 6.71. The maximum Gasteiger partial charge on any atom is 0.223 e. The molecule has 2 aliphatic heterocycles. The van der Waals surface area contributed by atoms with E-state index in [0.29, 0.717) is 18.4 Å². The maximum atomic E-state index is 12.4. The van der Waals surface area contributed by atoms with E-state index in [9.17, 15) is 4.79 Å². The van der Waals surface area contributed by atoms with Gasteiger partial charge in [0.2, 0.25) is 5.91 Å². The van der Waals surface area contributed by atoms with Crippen LogP contribution in [0.5, 0.6) is 0 Å². The van der Waals surface area contributed by atoms with Crippen molar-refractivity contribution >= 4 is 11.6 Å². The Kier molecular flexibility index (Phi) is 5.18. The van der Waals surface area contributed by atoms with Crippen LogP contribution in [0, 0.1) is 0 Å². The number of nitrogens with zero attached hydrogens (tertiary/aromatic N) is 3. The molecule has 0 aliphatic carbocycles. The number of hydrogen-bond acceptors (Lipinski definition) is 4. The van der Waals surface area contributed by atoms with E-state index in [2.05, 4.69) is 53.4 Å². The van der Waals surface area contributed by atoms with Gasteiger partial charge in [-0.25, -0.2) is 0 Å². The summed E-state index contributed by atoms with van der Waals surface area (Å²) in [5.74, 6) is 0.296. The average molecular weight is 316 g/mol. The molecule has 1 saturated heterocycles. The zero-order chi connectivity index (χ0) is 16.2. The minimum atomic E-state index is 0.296. The molecule has 1 fully saturated rings. The number of anilines is 1. The Morgan fingerprint density at radius 1 is 1.26 bits per heavy atom. The van der Waals surface area contributed by atoms with Crippen LogP contribution >= 0.6 is 0 Å². The molecule has 0 spiro atoms. The fourth-order valence-corrected chi connectivity index (χ4v) is 3.61. The van der Waals surface area contributed by atoms with Crippen LogP contribution in [-0.2, 0) is 11.3 Å². The van der Waals surface area contributed by atoms with Gasteiger partial charge in [-0.05, 0) is 18.6 Å². The number of para-hydroxylation sites is 1. The fourth-order valence-electron chi connectivity index (χ4n) is 3.61. The maximum absolute atomic E-state index is 12.4. The lowest BCUT2D eigenvalue weighted by Crippen LogP contribution is -2.47. The molecule has 1 aromatic rings. The van der Waals surface area contributed by atoms with Crippen LogP contribution in [0.4, 0.5) is 5.69 Å². The Morgan fingerprint density at radius 3 is 2.78 bits per heavy atom. The van der Waals surface area contributed by atoms with E-state index in [1.54, 1.807) is 0 Å². The van der Waals surface area contributed by atoms with Crippen LogP contribution in [-0.4, -0.2) is 68.1 Å².